The Morgan fingerprint density at radius 3 is 2.60 bits per heavy atom. The molecule has 0 unspecified atom stereocenters. The minimum atomic E-state index is 0.00122. The predicted molar refractivity (Wildman–Crippen MR) is 66.2 cm³/mol. The Hall–Kier alpha value is -0.420. The first-order chi connectivity index (χ1) is 7.20. The smallest absolute Gasteiger partial charge is 0.160 e. The molecule has 0 saturated carbocycles. The van der Waals surface area contributed by atoms with E-state index in [4.69, 9.17) is 11.6 Å². The van der Waals surface area contributed by atoms with Crippen molar-refractivity contribution < 1.29 is 5.11 Å². The molecular formula is C10H7BrClNOS. The molecule has 2 aromatic rings. The van der Waals surface area contributed by atoms with Gasteiger partial charge in [-0.2, -0.15) is 0 Å². The van der Waals surface area contributed by atoms with Crippen molar-refractivity contribution in [3.05, 3.63) is 38.1 Å². The van der Waals surface area contributed by atoms with E-state index in [9.17, 15) is 5.11 Å². The van der Waals surface area contributed by atoms with E-state index in [2.05, 4.69) is 20.9 Å². The van der Waals surface area contributed by atoms with E-state index in [1.54, 1.807) is 0 Å². The third-order valence-electron chi connectivity index (χ3n) is 1.93. The molecule has 0 bridgehead atoms. The predicted octanol–water partition coefficient (Wildman–Crippen LogP) is 3.72. The van der Waals surface area contributed by atoms with Gasteiger partial charge >= 0.3 is 0 Å². The molecule has 0 aliphatic rings. The molecule has 0 radical (unpaired) electrons. The molecule has 1 heterocycles. The topological polar surface area (TPSA) is 33.1 Å². The fraction of sp³-hybridized carbons (Fsp3) is 0.100. The van der Waals surface area contributed by atoms with Crippen LogP contribution in [0.25, 0.3) is 11.3 Å². The minimum Gasteiger partial charge on any atom is -0.391 e. The van der Waals surface area contributed by atoms with Crippen LogP contribution in [0.3, 0.4) is 0 Å². The molecule has 0 spiro atoms. The van der Waals surface area contributed by atoms with E-state index < -0.39 is 0 Å². The van der Waals surface area contributed by atoms with Crippen LogP contribution >= 0.6 is 38.9 Å². The van der Waals surface area contributed by atoms with E-state index in [0.717, 1.165) is 20.1 Å². The third kappa shape index (κ3) is 2.39. The maximum absolute atomic E-state index is 9.17. The van der Waals surface area contributed by atoms with Gasteiger partial charge in [-0.3, -0.25) is 0 Å². The van der Waals surface area contributed by atoms with Crippen LogP contribution in [-0.2, 0) is 6.61 Å². The van der Waals surface area contributed by atoms with E-state index >= 15 is 0 Å². The van der Waals surface area contributed by atoms with Gasteiger partial charge in [0.15, 0.2) is 3.92 Å². The summed E-state index contributed by atoms with van der Waals surface area (Å²) in [5.41, 5.74) is 1.77. The van der Waals surface area contributed by atoms with Crippen LogP contribution in [0.5, 0.6) is 0 Å². The second-order valence-corrected chi connectivity index (χ2v) is 5.70. The summed E-state index contributed by atoms with van der Waals surface area (Å²) in [6, 6.07) is 7.41. The molecule has 0 amide bonds. The van der Waals surface area contributed by atoms with E-state index in [1.165, 1.54) is 11.3 Å². The SMILES string of the molecule is OCc1sc(Br)nc1-c1ccc(Cl)cc1. The molecular weight excluding hydrogens is 298 g/mol. The van der Waals surface area contributed by atoms with E-state index in [-0.39, 0.29) is 6.61 Å². The van der Waals surface area contributed by atoms with Gasteiger partial charge in [0, 0.05) is 10.6 Å². The number of aliphatic hydroxyl groups is 1. The summed E-state index contributed by atoms with van der Waals surface area (Å²) in [4.78, 5) is 5.16. The van der Waals surface area contributed by atoms with Crippen LogP contribution in [-0.4, -0.2) is 10.1 Å². The van der Waals surface area contributed by atoms with Crippen molar-refractivity contribution in [3.63, 3.8) is 0 Å². The number of thiazole rings is 1. The molecule has 1 aromatic carbocycles. The molecule has 1 aromatic heterocycles. The molecule has 0 saturated heterocycles. The van der Waals surface area contributed by atoms with Gasteiger partial charge in [-0.25, -0.2) is 4.98 Å². The molecule has 2 rings (SSSR count). The van der Waals surface area contributed by atoms with Gasteiger partial charge in [0.2, 0.25) is 0 Å². The highest BCUT2D eigenvalue weighted by Gasteiger charge is 2.10. The monoisotopic (exact) mass is 303 g/mol. The summed E-state index contributed by atoms with van der Waals surface area (Å²) >= 11 is 10.5. The Morgan fingerprint density at radius 1 is 1.33 bits per heavy atom. The molecule has 15 heavy (non-hydrogen) atoms. The van der Waals surface area contributed by atoms with Crippen molar-refractivity contribution in [1.82, 2.24) is 4.98 Å². The quantitative estimate of drug-likeness (QED) is 0.917. The molecule has 78 valence electrons. The first-order valence-corrected chi connectivity index (χ1v) is 6.21. The number of hydrogen-bond acceptors (Lipinski definition) is 3. The first kappa shape index (κ1) is 11.1. The van der Waals surface area contributed by atoms with Gasteiger partial charge < -0.3 is 5.11 Å². The average molecular weight is 305 g/mol. The van der Waals surface area contributed by atoms with Crippen molar-refractivity contribution in [2.75, 3.05) is 0 Å². The Kier molecular flexibility index (Phi) is 3.41. The number of halogens is 2. The van der Waals surface area contributed by atoms with E-state index in [0.29, 0.717) is 5.02 Å². The Bertz CT molecular complexity index is 469. The maximum Gasteiger partial charge on any atom is 0.160 e. The summed E-state index contributed by atoms with van der Waals surface area (Å²) < 4.78 is 0.775. The lowest BCUT2D eigenvalue weighted by atomic mass is 10.1. The van der Waals surface area contributed by atoms with Crippen molar-refractivity contribution >= 4 is 38.9 Å². The van der Waals surface area contributed by atoms with Gasteiger partial charge in [0.05, 0.1) is 17.2 Å². The Morgan fingerprint density at radius 2 is 2.00 bits per heavy atom. The summed E-state index contributed by atoms with van der Waals surface area (Å²) in [6.45, 7) is 0.00122. The summed E-state index contributed by atoms with van der Waals surface area (Å²) in [5, 5.41) is 9.86. The highest BCUT2D eigenvalue weighted by Crippen LogP contribution is 2.31. The number of aliphatic hydroxyl groups excluding tert-OH is 1. The number of benzene rings is 1. The van der Waals surface area contributed by atoms with Gasteiger partial charge in [-0.05, 0) is 28.1 Å². The van der Waals surface area contributed by atoms with Crippen LogP contribution in [0.1, 0.15) is 4.88 Å². The molecule has 0 aliphatic heterocycles. The van der Waals surface area contributed by atoms with Gasteiger partial charge in [0.1, 0.15) is 0 Å². The number of rotatable bonds is 2. The molecule has 0 fully saturated rings. The Labute approximate surface area is 105 Å². The fourth-order valence-electron chi connectivity index (χ4n) is 1.26. The number of aromatic nitrogens is 1. The molecule has 5 heteroatoms. The average Bonchev–Trinajstić information content (AvgIpc) is 2.61. The van der Waals surface area contributed by atoms with Gasteiger partial charge in [-0.15, -0.1) is 11.3 Å². The first-order valence-electron chi connectivity index (χ1n) is 4.22. The van der Waals surface area contributed by atoms with Crippen LogP contribution in [0.4, 0.5) is 0 Å². The summed E-state index contributed by atoms with van der Waals surface area (Å²) in [6.07, 6.45) is 0. The molecule has 0 atom stereocenters. The third-order valence-corrected chi connectivity index (χ3v) is 3.68. The molecule has 1 N–H and O–H groups in total. The van der Waals surface area contributed by atoms with Crippen molar-refractivity contribution in [2.45, 2.75) is 6.61 Å². The fourth-order valence-corrected chi connectivity index (χ4v) is 2.82. The van der Waals surface area contributed by atoms with Crippen LogP contribution in [0.15, 0.2) is 28.2 Å². The Balaban J connectivity index is 2.48. The molecule has 2 nitrogen and oxygen atoms in total. The van der Waals surface area contributed by atoms with Crippen LogP contribution in [0.2, 0.25) is 5.02 Å². The minimum absolute atomic E-state index is 0.00122. The molecule has 0 aliphatic carbocycles. The normalized spacial score (nSPS) is 10.6. The summed E-state index contributed by atoms with van der Waals surface area (Å²) in [5.74, 6) is 0. The highest BCUT2D eigenvalue weighted by molar-refractivity contribution is 9.11. The van der Waals surface area contributed by atoms with E-state index in [1.807, 2.05) is 24.3 Å². The largest absolute Gasteiger partial charge is 0.391 e. The van der Waals surface area contributed by atoms with Crippen molar-refractivity contribution in [1.29, 1.82) is 0 Å². The zero-order valence-corrected chi connectivity index (χ0v) is 10.7. The summed E-state index contributed by atoms with van der Waals surface area (Å²) in [7, 11) is 0. The number of nitrogens with zero attached hydrogens (tertiary/aromatic N) is 1. The zero-order chi connectivity index (χ0) is 10.8. The number of hydrogen-bond donors (Lipinski definition) is 1. The second kappa shape index (κ2) is 4.61. The van der Waals surface area contributed by atoms with Crippen molar-refractivity contribution in [3.8, 4) is 11.3 Å². The van der Waals surface area contributed by atoms with Gasteiger partial charge in [-0.1, -0.05) is 23.7 Å². The second-order valence-electron chi connectivity index (χ2n) is 2.90. The lowest BCUT2D eigenvalue weighted by molar-refractivity contribution is 0.286. The zero-order valence-electron chi connectivity index (χ0n) is 7.58. The maximum atomic E-state index is 9.17. The van der Waals surface area contributed by atoms with Crippen molar-refractivity contribution in [2.24, 2.45) is 0 Å². The lowest BCUT2D eigenvalue weighted by Crippen LogP contribution is -1.84. The van der Waals surface area contributed by atoms with Crippen LogP contribution in [0, 0.1) is 0 Å². The highest BCUT2D eigenvalue weighted by atomic mass is 79.9. The van der Waals surface area contributed by atoms with Crippen LogP contribution < -0.4 is 0 Å². The standard InChI is InChI=1S/C10H7BrClNOS/c11-10-13-9(8(5-14)15-10)6-1-3-7(12)4-2-6/h1-4,14H,5H2. The lowest BCUT2D eigenvalue weighted by Gasteiger charge is -1.99. The van der Waals surface area contributed by atoms with Gasteiger partial charge in [0.25, 0.3) is 0 Å².